The molecular formula is C18H17NO. The maximum absolute atomic E-state index is 6.06. The van der Waals surface area contributed by atoms with E-state index in [9.17, 15) is 0 Å². The molecule has 2 heteroatoms. The van der Waals surface area contributed by atoms with Gasteiger partial charge in [-0.3, -0.25) is 0 Å². The number of furan rings is 1. The van der Waals surface area contributed by atoms with E-state index in [1.165, 1.54) is 21.7 Å². The van der Waals surface area contributed by atoms with Crippen LogP contribution in [0.5, 0.6) is 0 Å². The molecule has 1 aliphatic rings. The fraction of sp³-hybridized carbons (Fsp3) is 0.222. The lowest BCUT2D eigenvalue weighted by atomic mass is 10.0. The third kappa shape index (κ3) is 1.84. The van der Waals surface area contributed by atoms with Crippen molar-refractivity contribution >= 4 is 27.3 Å². The van der Waals surface area contributed by atoms with E-state index >= 15 is 0 Å². The first-order valence-corrected chi connectivity index (χ1v) is 7.10. The average Bonchev–Trinajstić information content (AvgIpc) is 2.92. The number of benzene rings is 2. The highest BCUT2D eigenvalue weighted by atomic mass is 16.3. The number of fused-ring (bicyclic) bond motifs is 3. The fourth-order valence-electron chi connectivity index (χ4n) is 2.95. The number of likely N-dealkylation sites (N-methyl/N-ethyl adjacent to an activating group) is 1. The third-order valence-corrected chi connectivity index (χ3v) is 4.15. The summed E-state index contributed by atoms with van der Waals surface area (Å²) in [5, 5.41) is 3.76. The summed E-state index contributed by atoms with van der Waals surface area (Å²) >= 11 is 0. The minimum Gasteiger partial charge on any atom is -0.456 e. The second-order valence-electron chi connectivity index (χ2n) is 5.55. The average molecular weight is 263 g/mol. The molecule has 0 amide bonds. The zero-order chi connectivity index (χ0) is 13.5. The summed E-state index contributed by atoms with van der Waals surface area (Å²) in [4.78, 5) is 2.32. The highest BCUT2D eigenvalue weighted by Crippen LogP contribution is 2.32. The number of rotatable bonds is 1. The lowest BCUT2D eigenvalue weighted by Gasteiger charge is -2.20. The topological polar surface area (TPSA) is 16.4 Å². The Labute approximate surface area is 118 Å². The van der Waals surface area contributed by atoms with Gasteiger partial charge in [-0.1, -0.05) is 36.4 Å². The van der Waals surface area contributed by atoms with Gasteiger partial charge in [0.05, 0.1) is 0 Å². The van der Waals surface area contributed by atoms with Gasteiger partial charge in [-0.2, -0.15) is 0 Å². The molecule has 0 saturated heterocycles. The number of hydrogen-bond acceptors (Lipinski definition) is 2. The Morgan fingerprint density at radius 1 is 1.05 bits per heavy atom. The van der Waals surface area contributed by atoms with E-state index in [4.69, 9.17) is 4.42 Å². The standard InChI is InChI=1S/C18H17NO/c1-19-10-8-14(9-11-19)18-12-16-15-5-3-2-4-13(15)6-7-17(16)20-18/h2-8,12H,9-11H2,1H3. The van der Waals surface area contributed by atoms with Crippen LogP contribution in [-0.4, -0.2) is 25.0 Å². The van der Waals surface area contributed by atoms with Gasteiger partial charge in [0.15, 0.2) is 0 Å². The molecule has 0 bridgehead atoms. The van der Waals surface area contributed by atoms with E-state index in [1.54, 1.807) is 0 Å². The summed E-state index contributed by atoms with van der Waals surface area (Å²) in [6.07, 6.45) is 3.34. The first kappa shape index (κ1) is 11.7. The lowest BCUT2D eigenvalue weighted by Crippen LogP contribution is -2.23. The number of nitrogens with zero attached hydrogens (tertiary/aromatic N) is 1. The molecule has 0 fully saturated rings. The molecule has 2 aromatic carbocycles. The maximum atomic E-state index is 6.06. The lowest BCUT2D eigenvalue weighted by molar-refractivity contribution is 0.368. The maximum Gasteiger partial charge on any atom is 0.135 e. The van der Waals surface area contributed by atoms with E-state index < -0.39 is 0 Å². The Kier molecular flexibility index (Phi) is 2.64. The molecule has 0 radical (unpaired) electrons. The van der Waals surface area contributed by atoms with Crippen LogP contribution in [0.1, 0.15) is 12.2 Å². The summed E-state index contributed by atoms with van der Waals surface area (Å²) in [5.41, 5.74) is 2.32. The van der Waals surface area contributed by atoms with Crippen LogP contribution in [0.25, 0.3) is 27.3 Å². The zero-order valence-electron chi connectivity index (χ0n) is 11.6. The van der Waals surface area contributed by atoms with Gasteiger partial charge >= 0.3 is 0 Å². The molecule has 100 valence electrons. The summed E-state index contributed by atoms with van der Waals surface area (Å²) in [5.74, 6) is 1.03. The predicted molar refractivity (Wildman–Crippen MR) is 83.8 cm³/mol. The van der Waals surface area contributed by atoms with E-state index in [-0.39, 0.29) is 0 Å². The van der Waals surface area contributed by atoms with Gasteiger partial charge in [0.2, 0.25) is 0 Å². The summed E-state index contributed by atoms with van der Waals surface area (Å²) in [6.45, 7) is 2.11. The molecule has 4 rings (SSSR count). The molecule has 0 N–H and O–H groups in total. The van der Waals surface area contributed by atoms with Crippen LogP contribution in [0.15, 0.2) is 53.0 Å². The van der Waals surface area contributed by atoms with Gasteiger partial charge < -0.3 is 9.32 Å². The third-order valence-electron chi connectivity index (χ3n) is 4.15. The molecule has 1 aromatic heterocycles. The summed E-state index contributed by atoms with van der Waals surface area (Å²) < 4.78 is 6.06. The van der Waals surface area contributed by atoms with Crippen LogP contribution in [0, 0.1) is 0 Å². The smallest absolute Gasteiger partial charge is 0.135 e. The Morgan fingerprint density at radius 3 is 2.80 bits per heavy atom. The minimum absolute atomic E-state index is 0.985. The molecular weight excluding hydrogens is 246 g/mol. The molecule has 0 saturated carbocycles. The first-order valence-electron chi connectivity index (χ1n) is 7.10. The van der Waals surface area contributed by atoms with Crippen molar-refractivity contribution in [2.45, 2.75) is 6.42 Å². The molecule has 3 aromatic rings. The first-order chi connectivity index (χ1) is 9.81. The van der Waals surface area contributed by atoms with Crippen LogP contribution in [0.3, 0.4) is 0 Å². The number of hydrogen-bond donors (Lipinski definition) is 0. The monoisotopic (exact) mass is 263 g/mol. The van der Waals surface area contributed by atoms with Gasteiger partial charge in [-0.25, -0.2) is 0 Å². The van der Waals surface area contributed by atoms with Crippen LogP contribution in [0.4, 0.5) is 0 Å². The second-order valence-corrected chi connectivity index (χ2v) is 5.55. The van der Waals surface area contributed by atoms with Crippen molar-refractivity contribution in [3.63, 3.8) is 0 Å². The fourth-order valence-corrected chi connectivity index (χ4v) is 2.95. The Balaban J connectivity index is 1.88. The molecule has 2 heterocycles. The van der Waals surface area contributed by atoms with Crippen LogP contribution in [-0.2, 0) is 0 Å². The zero-order valence-corrected chi connectivity index (χ0v) is 11.6. The van der Waals surface area contributed by atoms with Crippen molar-refractivity contribution in [1.82, 2.24) is 4.90 Å². The summed E-state index contributed by atoms with van der Waals surface area (Å²) in [7, 11) is 2.15. The molecule has 0 unspecified atom stereocenters. The SMILES string of the molecule is CN1CC=C(c2cc3c(ccc4ccccc43)o2)CC1. The van der Waals surface area contributed by atoms with E-state index in [1.807, 2.05) is 0 Å². The van der Waals surface area contributed by atoms with Crippen molar-refractivity contribution < 1.29 is 4.42 Å². The van der Waals surface area contributed by atoms with Crippen LogP contribution >= 0.6 is 0 Å². The summed E-state index contributed by atoms with van der Waals surface area (Å²) in [6, 6.07) is 14.9. The highest BCUT2D eigenvalue weighted by molar-refractivity contribution is 6.06. The largest absolute Gasteiger partial charge is 0.456 e. The molecule has 1 aliphatic heterocycles. The van der Waals surface area contributed by atoms with Gasteiger partial charge in [-0.05, 0) is 41.9 Å². The molecule has 0 aliphatic carbocycles. The highest BCUT2D eigenvalue weighted by Gasteiger charge is 2.14. The van der Waals surface area contributed by atoms with Crippen LogP contribution in [0.2, 0.25) is 0 Å². The van der Waals surface area contributed by atoms with Crippen molar-refractivity contribution in [2.75, 3.05) is 20.1 Å². The van der Waals surface area contributed by atoms with Crippen molar-refractivity contribution in [3.8, 4) is 0 Å². The van der Waals surface area contributed by atoms with Crippen molar-refractivity contribution in [1.29, 1.82) is 0 Å². The Morgan fingerprint density at radius 2 is 1.95 bits per heavy atom. The minimum atomic E-state index is 0.985. The Bertz CT molecular complexity index is 813. The van der Waals surface area contributed by atoms with Gasteiger partial charge in [0.1, 0.15) is 11.3 Å². The normalized spacial score (nSPS) is 16.8. The predicted octanol–water partition coefficient (Wildman–Crippen LogP) is 4.30. The molecule has 0 spiro atoms. The van der Waals surface area contributed by atoms with E-state index in [2.05, 4.69) is 60.5 Å². The quantitative estimate of drug-likeness (QED) is 0.650. The van der Waals surface area contributed by atoms with E-state index in [0.29, 0.717) is 0 Å². The van der Waals surface area contributed by atoms with Crippen molar-refractivity contribution in [3.05, 3.63) is 54.3 Å². The molecule has 20 heavy (non-hydrogen) atoms. The second kappa shape index (κ2) is 4.50. The van der Waals surface area contributed by atoms with Gasteiger partial charge in [-0.15, -0.1) is 0 Å². The van der Waals surface area contributed by atoms with Crippen LogP contribution < -0.4 is 0 Å². The van der Waals surface area contributed by atoms with Crippen molar-refractivity contribution in [2.24, 2.45) is 0 Å². The van der Waals surface area contributed by atoms with E-state index in [0.717, 1.165) is 30.9 Å². The Hall–Kier alpha value is -2.06. The molecule has 0 atom stereocenters. The molecule has 2 nitrogen and oxygen atoms in total. The van der Waals surface area contributed by atoms with Gasteiger partial charge in [0.25, 0.3) is 0 Å². The van der Waals surface area contributed by atoms with Gasteiger partial charge in [0, 0.05) is 18.5 Å².